The van der Waals surface area contributed by atoms with E-state index in [-0.39, 0.29) is 18.1 Å². The van der Waals surface area contributed by atoms with Gasteiger partial charge in [-0.05, 0) is 25.8 Å². The Morgan fingerprint density at radius 3 is 2.25 bits per heavy atom. The van der Waals surface area contributed by atoms with Crippen molar-refractivity contribution in [3.8, 4) is 0 Å². The van der Waals surface area contributed by atoms with Gasteiger partial charge >= 0.3 is 0 Å². The Labute approximate surface area is 119 Å². The third kappa shape index (κ3) is 3.34. The molecule has 1 N–H and O–H groups in total. The second kappa shape index (κ2) is 5.88. The Bertz CT molecular complexity index is 644. The van der Waals surface area contributed by atoms with Gasteiger partial charge in [0, 0.05) is 18.3 Å². The van der Waals surface area contributed by atoms with Gasteiger partial charge in [-0.2, -0.15) is 4.31 Å². The number of hydrogen-bond donors (Lipinski definition) is 1. The Morgan fingerprint density at radius 2 is 1.85 bits per heavy atom. The molecule has 20 heavy (non-hydrogen) atoms. The van der Waals surface area contributed by atoms with Crippen molar-refractivity contribution in [1.82, 2.24) is 9.29 Å². The van der Waals surface area contributed by atoms with Crippen LogP contribution < -0.4 is 0 Å². The van der Waals surface area contributed by atoms with Crippen LogP contribution >= 0.6 is 0 Å². The van der Waals surface area contributed by atoms with E-state index in [1.165, 1.54) is 14.0 Å². The van der Waals surface area contributed by atoms with Crippen LogP contribution in [0.5, 0.6) is 0 Å². The molecule has 0 bridgehead atoms. The summed E-state index contributed by atoms with van der Waals surface area (Å²) in [5.41, 5.74) is 2.14. The van der Waals surface area contributed by atoms with E-state index < -0.39 is 10.0 Å². The number of sulfonamides is 1. The number of likely N-dealkylation sites (N-methyl/N-ethyl adjacent to an activating group) is 1. The molecule has 0 atom stereocenters. The Morgan fingerprint density at radius 1 is 1.30 bits per heavy atom. The molecule has 1 rings (SSSR count). The lowest BCUT2D eigenvalue weighted by molar-refractivity contribution is 0.0967. The summed E-state index contributed by atoms with van der Waals surface area (Å²) in [6.07, 6.45) is 1.57. The molecule has 0 fully saturated rings. The van der Waals surface area contributed by atoms with E-state index in [4.69, 9.17) is 0 Å². The lowest BCUT2D eigenvalue weighted by Crippen LogP contribution is -2.31. The summed E-state index contributed by atoms with van der Waals surface area (Å²) in [7, 11) is -2.07. The topological polar surface area (TPSA) is 87.3 Å². The molecule has 7 heteroatoms. The van der Waals surface area contributed by atoms with E-state index in [9.17, 15) is 18.0 Å². The molecule has 112 valence electrons. The normalized spacial score (nSPS) is 11.9. The molecule has 0 aromatic carbocycles. The van der Waals surface area contributed by atoms with Crippen LogP contribution in [0.25, 0.3) is 0 Å². The smallest absolute Gasteiger partial charge is 0.211 e. The summed E-state index contributed by atoms with van der Waals surface area (Å²) in [5, 5.41) is 0. The fourth-order valence-electron chi connectivity index (χ4n) is 2.14. The highest BCUT2D eigenvalue weighted by atomic mass is 32.2. The van der Waals surface area contributed by atoms with Gasteiger partial charge in [0.1, 0.15) is 0 Å². The summed E-state index contributed by atoms with van der Waals surface area (Å²) < 4.78 is 23.7. The Balaban J connectivity index is 3.18. The van der Waals surface area contributed by atoms with Gasteiger partial charge < -0.3 is 4.98 Å². The molecule has 0 aliphatic heterocycles. The summed E-state index contributed by atoms with van der Waals surface area (Å²) >= 11 is 0. The molecular weight excluding hydrogens is 280 g/mol. The molecule has 0 saturated heterocycles. The highest BCUT2D eigenvalue weighted by Crippen LogP contribution is 2.21. The molecule has 1 heterocycles. The fraction of sp³-hybridized carbons (Fsp3) is 0.538. The van der Waals surface area contributed by atoms with Crippen LogP contribution in [0, 0.1) is 6.92 Å². The molecule has 0 aliphatic rings. The van der Waals surface area contributed by atoms with E-state index in [1.54, 1.807) is 6.92 Å². The number of aryl methyl sites for hydroxylation is 1. The van der Waals surface area contributed by atoms with Gasteiger partial charge in [0.25, 0.3) is 0 Å². The predicted molar refractivity (Wildman–Crippen MR) is 76.7 cm³/mol. The van der Waals surface area contributed by atoms with Gasteiger partial charge in [-0.3, -0.25) is 9.59 Å². The van der Waals surface area contributed by atoms with Gasteiger partial charge in [-0.25, -0.2) is 8.42 Å². The van der Waals surface area contributed by atoms with E-state index in [1.807, 2.05) is 6.92 Å². The van der Waals surface area contributed by atoms with Crippen LogP contribution in [0.15, 0.2) is 0 Å². The molecule has 0 unspecified atom stereocenters. The van der Waals surface area contributed by atoms with Crippen molar-refractivity contribution < 1.29 is 18.0 Å². The maximum absolute atomic E-state index is 12.2. The first-order valence-corrected chi connectivity index (χ1v) is 8.11. The highest BCUT2D eigenvalue weighted by Gasteiger charge is 2.24. The van der Waals surface area contributed by atoms with Crippen molar-refractivity contribution in [2.75, 3.05) is 19.8 Å². The van der Waals surface area contributed by atoms with Crippen molar-refractivity contribution in [3.63, 3.8) is 0 Å². The number of aromatic amines is 1. The van der Waals surface area contributed by atoms with E-state index in [2.05, 4.69) is 4.98 Å². The summed E-state index contributed by atoms with van der Waals surface area (Å²) in [6, 6.07) is 0. The molecular formula is C13H20N2O4S. The first-order chi connectivity index (χ1) is 9.09. The molecule has 1 aromatic rings. The van der Waals surface area contributed by atoms with Crippen molar-refractivity contribution in [3.05, 3.63) is 22.5 Å². The van der Waals surface area contributed by atoms with E-state index in [0.717, 1.165) is 10.6 Å². The number of rotatable bonds is 6. The van der Waals surface area contributed by atoms with Crippen LogP contribution in [-0.4, -0.2) is 49.1 Å². The fourth-order valence-corrected chi connectivity index (χ4v) is 2.50. The summed E-state index contributed by atoms with van der Waals surface area (Å²) in [5.74, 6) is -0.448. The number of nitrogens with one attached hydrogen (secondary N) is 1. The van der Waals surface area contributed by atoms with E-state index in [0.29, 0.717) is 28.9 Å². The molecule has 0 spiro atoms. The predicted octanol–water partition coefficient (Wildman–Crippen LogP) is 1.16. The maximum atomic E-state index is 12.2. The zero-order chi connectivity index (χ0) is 15.7. The Kier molecular flexibility index (Phi) is 4.88. The van der Waals surface area contributed by atoms with Crippen LogP contribution in [0.4, 0.5) is 0 Å². The number of nitrogens with zero attached hydrogens (tertiary/aromatic N) is 1. The van der Waals surface area contributed by atoms with Crippen molar-refractivity contribution >= 4 is 21.6 Å². The summed E-state index contributed by atoms with van der Waals surface area (Å²) in [6.45, 7) is 4.79. The molecule has 0 aliphatic carbocycles. The van der Waals surface area contributed by atoms with Crippen molar-refractivity contribution in [2.24, 2.45) is 0 Å². The number of aromatic nitrogens is 1. The van der Waals surface area contributed by atoms with Crippen molar-refractivity contribution in [1.29, 1.82) is 0 Å². The minimum Gasteiger partial charge on any atom is -0.355 e. The lowest BCUT2D eigenvalue weighted by Gasteiger charge is -2.13. The lowest BCUT2D eigenvalue weighted by atomic mass is 10.0. The second-order valence-electron chi connectivity index (χ2n) is 4.83. The number of hydrogen-bond acceptors (Lipinski definition) is 4. The zero-order valence-electron chi connectivity index (χ0n) is 12.4. The summed E-state index contributed by atoms with van der Waals surface area (Å²) in [4.78, 5) is 26.8. The van der Waals surface area contributed by atoms with Gasteiger partial charge in [0.05, 0.1) is 18.5 Å². The Hall–Kier alpha value is -1.47. The molecule has 6 nitrogen and oxygen atoms in total. The average Bonchev–Trinajstić information content (AvgIpc) is 2.64. The molecule has 1 aromatic heterocycles. The van der Waals surface area contributed by atoms with Gasteiger partial charge in [-0.15, -0.1) is 0 Å². The monoisotopic (exact) mass is 300 g/mol. The number of carbonyl (C=O) groups excluding carboxylic acids is 2. The number of H-pyrrole nitrogens is 1. The maximum Gasteiger partial charge on any atom is 0.211 e. The SMILES string of the molecule is CCc1c(C(=O)CN(C)S(C)(=O)=O)[nH]c(C)c1C(C)=O. The highest BCUT2D eigenvalue weighted by molar-refractivity contribution is 7.88. The third-order valence-corrected chi connectivity index (χ3v) is 4.47. The molecule has 0 amide bonds. The third-order valence-electron chi connectivity index (χ3n) is 3.21. The standard InChI is InChI=1S/C13H20N2O4S/c1-6-10-12(9(3)16)8(2)14-13(10)11(17)7-15(4)20(5,18)19/h14H,6-7H2,1-5H3. The number of carbonyl (C=O) groups is 2. The second-order valence-corrected chi connectivity index (χ2v) is 6.92. The van der Waals surface area contributed by atoms with Crippen LogP contribution in [0.3, 0.4) is 0 Å². The quantitative estimate of drug-likeness (QED) is 0.799. The first kappa shape index (κ1) is 16.6. The largest absolute Gasteiger partial charge is 0.355 e. The molecule has 0 radical (unpaired) electrons. The van der Waals surface area contributed by atoms with E-state index >= 15 is 0 Å². The average molecular weight is 300 g/mol. The van der Waals surface area contributed by atoms with Crippen molar-refractivity contribution in [2.45, 2.75) is 27.2 Å². The van der Waals surface area contributed by atoms with Gasteiger partial charge in [0.2, 0.25) is 10.0 Å². The minimum atomic E-state index is -3.41. The minimum absolute atomic E-state index is 0.105. The van der Waals surface area contributed by atoms with Gasteiger partial charge in [-0.1, -0.05) is 6.92 Å². The van der Waals surface area contributed by atoms with Crippen LogP contribution in [-0.2, 0) is 16.4 Å². The number of ketones is 2. The molecule has 0 saturated carbocycles. The van der Waals surface area contributed by atoms with Crippen LogP contribution in [0.1, 0.15) is 46.0 Å². The van der Waals surface area contributed by atoms with Gasteiger partial charge in [0.15, 0.2) is 11.6 Å². The zero-order valence-corrected chi connectivity index (χ0v) is 13.2. The number of Topliss-reactive ketones (excluding diaryl/α,β-unsaturated/α-hetero) is 2. The first-order valence-electron chi connectivity index (χ1n) is 6.26. The van der Waals surface area contributed by atoms with Crippen LogP contribution in [0.2, 0.25) is 0 Å².